The van der Waals surface area contributed by atoms with E-state index in [2.05, 4.69) is 26.8 Å². The van der Waals surface area contributed by atoms with Gasteiger partial charge in [0.05, 0.1) is 80.3 Å². The van der Waals surface area contributed by atoms with Crippen LogP contribution >= 0.6 is 0 Å². The number of allylic oxidation sites excluding steroid dienone is 2. The first-order valence-corrected chi connectivity index (χ1v) is 20.3. The van der Waals surface area contributed by atoms with Crippen LogP contribution in [0.1, 0.15) is 108 Å². The van der Waals surface area contributed by atoms with Crippen LogP contribution < -0.4 is 0 Å². The number of ether oxygens (including phenoxy) is 4. The first kappa shape index (κ1) is 49.5. The molecule has 0 bridgehead atoms. The van der Waals surface area contributed by atoms with Gasteiger partial charge < -0.3 is 54.7 Å². The standard InChI is InChI=1S/C20H34O6.C19H32O7.C3H8/c1-6-8-12(3)18-19(5,26-18)13(4)14(10-21)17(23)15-11-25-20(24,7-2)9-16(15)22;1-5-7-11(3)17-18(4,26-17)16(23)12(9-20)15(22)13-10-25-19(24,6-2)8-14(13)21;1-3-2/h6,8,12-16,18,21-22,24H,7,9-11H2,1-5H3;5,7,11-14,16-17,20-21,23-24H,6,8-10H2,1-4H3;3H2,1-2H3/b8-6-;7-5-;/t12-,13-,14+,15-,16?,18+,19?,20+;11-,12-,13-,14?,16-,17+,18?,19+;/m00./s1. The summed E-state index contributed by atoms with van der Waals surface area (Å²) in [5.74, 6) is -6.79. The molecule has 0 saturated carbocycles. The van der Waals surface area contributed by atoms with Crippen molar-refractivity contribution in [2.24, 2.45) is 41.4 Å². The molecule has 4 aliphatic heterocycles. The number of hydrogen-bond acceptors (Lipinski definition) is 13. The number of ketones is 2. The minimum Gasteiger partial charge on any atom is -0.396 e. The number of rotatable bonds is 16. The van der Waals surface area contributed by atoms with Crippen molar-refractivity contribution in [3.63, 3.8) is 0 Å². The maximum Gasteiger partial charge on any atom is 0.167 e. The van der Waals surface area contributed by atoms with Crippen molar-refractivity contribution in [2.45, 2.75) is 162 Å². The normalized spacial score (nSPS) is 39.1. The molecule has 13 nitrogen and oxygen atoms in total. The van der Waals surface area contributed by atoms with Crippen molar-refractivity contribution in [2.75, 3.05) is 26.4 Å². The van der Waals surface area contributed by atoms with Crippen molar-refractivity contribution in [1.29, 1.82) is 0 Å². The molecule has 0 spiro atoms. The first-order chi connectivity index (χ1) is 25.7. The molecule has 0 aliphatic carbocycles. The van der Waals surface area contributed by atoms with E-state index in [1.54, 1.807) is 20.8 Å². The summed E-state index contributed by atoms with van der Waals surface area (Å²) >= 11 is 0. The fourth-order valence-electron chi connectivity index (χ4n) is 8.14. The number of epoxide rings is 2. The molecule has 0 amide bonds. The topological polar surface area (TPSA) is 219 Å². The van der Waals surface area contributed by atoms with Gasteiger partial charge in [0.1, 0.15) is 17.2 Å². The summed E-state index contributed by atoms with van der Waals surface area (Å²) in [5.41, 5.74) is -1.40. The molecule has 0 radical (unpaired) electrons. The predicted octanol–water partition coefficient (Wildman–Crippen LogP) is 3.47. The lowest BCUT2D eigenvalue weighted by Gasteiger charge is -2.40. The van der Waals surface area contributed by atoms with Gasteiger partial charge in [0.25, 0.3) is 0 Å². The van der Waals surface area contributed by atoms with Crippen LogP contribution in [0.15, 0.2) is 24.3 Å². The average molecular weight is 787 g/mol. The van der Waals surface area contributed by atoms with E-state index in [0.717, 1.165) is 0 Å². The van der Waals surface area contributed by atoms with E-state index in [-0.39, 0.29) is 68.4 Å². The van der Waals surface area contributed by atoms with Crippen LogP contribution in [0.5, 0.6) is 0 Å². The summed E-state index contributed by atoms with van der Waals surface area (Å²) in [6.07, 6.45) is 6.24. The SMILES string of the molecule is C/C=C\[C@H](C)[C@H]1OC1(C)[C@@H](C)[C@@H](CO)C(=O)[C@H]1CO[C@](O)(CC)CC1O.C/C=C\[C@H](C)[C@H]1OC1(C)[C@@H](O)[C@@H](CO)C(=O)[C@H]1CO[C@](O)(CC)CC1O.CCC. The second-order valence-corrected chi connectivity index (χ2v) is 16.5. The first-order valence-electron chi connectivity index (χ1n) is 20.3. The van der Waals surface area contributed by atoms with Crippen LogP contribution in [0.4, 0.5) is 0 Å². The van der Waals surface area contributed by atoms with Crippen molar-refractivity contribution in [3.05, 3.63) is 24.3 Å². The third kappa shape index (κ3) is 11.7. The second kappa shape index (κ2) is 20.9. The molecular weight excluding hydrogens is 712 g/mol. The Hall–Kier alpha value is -1.62. The Morgan fingerprint density at radius 3 is 1.42 bits per heavy atom. The van der Waals surface area contributed by atoms with Gasteiger partial charge in [-0.2, -0.15) is 0 Å². The Morgan fingerprint density at radius 1 is 0.709 bits per heavy atom. The molecule has 4 unspecified atom stereocenters. The van der Waals surface area contributed by atoms with Crippen molar-refractivity contribution >= 4 is 11.6 Å². The molecule has 0 aromatic rings. The predicted molar refractivity (Wildman–Crippen MR) is 207 cm³/mol. The van der Waals surface area contributed by atoms with Gasteiger partial charge in [-0.1, -0.05) is 79.2 Å². The smallest absolute Gasteiger partial charge is 0.167 e. The van der Waals surface area contributed by atoms with Crippen molar-refractivity contribution in [1.82, 2.24) is 0 Å². The summed E-state index contributed by atoms with van der Waals surface area (Å²) < 4.78 is 22.4. The number of Topliss-reactive ketones (excluding diaryl/α,β-unsaturated/α-hetero) is 2. The summed E-state index contributed by atoms with van der Waals surface area (Å²) in [5, 5.41) is 71.3. The summed E-state index contributed by atoms with van der Waals surface area (Å²) in [7, 11) is 0. The summed E-state index contributed by atoms with van der Waals surface area (Å²) in [4.78, 5) is 25.9. The van der Waals surface area contributed by atoms with E-state index in [4.69, 9.17) is 18.9 Å². The molecule has 4 heterocycles. The van der Waals surface area contributed by atoms with Crippen LogP contribution in [-0.4, -0.2) is 127 Å². The van der Waals surface area contributed by atoms with Gasteiger partial charge in [-0.05, 0) is 46.5 Å². The maximum absolute atomic E-state index is 13.0. The zero-order valence-corrected chi connectivity index (χ0v) is 35.2. The van der Waals surface area contributed by atoms with Gasteiger partial charge in [0, 0.05) is 30.6 Å². The zero-order valence-electron chi connectivity index (χ0n) is 35.2. The molecule has 320 valence electrons. The molecule has 55 heavy (non-hydrogen) atoms. The van der Waals surface area contributed by atoms with E-state index in [1.807, 2.05) is 52.8 Å². The number of hydrogen-bond donors (Lipinski definition) is 7. The number of aliphatic hydroxyl groups is 7. The quantitative estimate of drug-likeness (QED) is 0.0882. The van der Waals surface area contributed by atoms with E-state index >= 15 is 0 Å². The van der Waals surface area contributed by atoms with E-state index < -0.39 is 77.1 Å². The molecule has 0 aromatic carbocycles. The van der Waals surface area contributed by atoms with Gasteiger partial charge in [-0.15, -0.1) is 0 Å². The van der Waals surface area contributed by atoms with E-state index in [9.17, 15) is 45.3 Å². The number of aliphatic hydroxyl groups excluding tert-OH is 5. The monoisotopic (exact) mass is 787 g/mol. The highest BCUT2D eigenvalue weighted by Crippen LogP contribution is 2.50. The van der Waals surface area contributed by atoms with E-state index in [1.165, 1.54) is 6.42 Å². The largest absolute Gasteiger partial charge is 0.396 e. The minimum absolute atomic E-state index is 0.00115. The third-order valence-corrected chi connectivity index (χ3v) is 12.2. The molecule has 4 aliphatic rings. The van der Waals surface area contributed by atoms with Crippen molar-refractivity contribution in [3.8, 4) is 0 Å². The van der Waals surface area contributed by atoms with Gasteiger partial charge in [0.2, 0.25) is 0 Å². The Labute approximate surface area is 329 Å². The van der Waals surface area contributed by atoms with Crippen LogP contribution in [-0.2, 0) is 28.5 Å². The fourth-order valence-corrected chi connectivity index (χ4v) is 8.14. The van der Waals surface area contributed by atoms with Crippen LogP contribution in [0.2, 0.25) is 0 Å². The molecule has 4 rings (SSSR count). The van der Waals surface area contributed by atoms with Crippen molar-refractivity contribution < 1.29 is 64.3 Å². The fraction of sp³-hybridized carbons (Fsp3) is 0.857. The van der Waals surface area contributed by atoms with Gasteiger partial charge in [-0.25, -0.2) is 0 Å². The molecule has 0 aromatic heterocycles. The molecule has 4 fully saturated rings. The lowest BCUT2D eigenvalue weighted by atomic mass is 9.73. The highest BCUT2D eigenvalue weighted by Gasteiger charge is 2.63. The summed E-state index contributed by atoms with van der Waals surface area (Å²) in [6, 6.07) is 0. The lowest BCUT2D eigenvalue weighted by molar-refractivity contribution is -0.259. The van der Waals surface area contributed by atoms with Gasteiger partial charge in [-0.3, -0.25) is 9.59 Å². The second-order valence-electron chi connectivity index (χ2n) is 16.5. The van der Waals surface area contributed by atoms with Crippen LogP contribution in [0.25, 0.3) is 0 Å². The molecule has 4 saturated heterocycles. The lowest BCUT2D eigenvalue weighted by Crippen LogP contribution is -2.53. The van der Waals surface area contributed by atoms with Gasteiger partial charge in [0.15, 0.2) is 11.6 Å². The molecule has 7 N–H and O–H groups in total. The molecule has 16 atom stereocenters. The zero-order chi connectivity index (χ0) is 42.1. The maximum atomic E-state index is 13.0. The Balaban J connectivity index is 0.000000355. The number of carbonyl (C=O) groups excluding carboxylic acids is 2. The Morgan fingerprint density at radius 2 is 1.07 bits per heavy atom. The summed E-state index contributed by atoms with van der Waals surface area (Å²) in [6.45, 7) is 20.2. The minimum atomic E-state index is -1.44. The Bertz CT molecular complexity index is 1180. The molecular formula is C42H74O13. The Kier molecular flexibility index (Phi) is 18.8. The molecule has 13 heteroatoms. The van der Waals surface area contributed by atoms with E-state index in [0.29, 0.717) is 12.8 Å². The third-order valence-electron chi connectivity index (χ3n) is 12.2. The number of carbonyl (C=O) groups is 2. The average Bonchev–Trinajstić information content (AvgIpc) is 4.04. The van der Waals surface area contributed by atoms with Gasteiger partial charge >= 0.3 is 0 Å². The van der Waals surface area contributed by atoms with Crippen LogP contribution in [0.3, 0.4) is 0 Å². The highest BCUT2D eigenvalue weighted by molar-refractivity contribution is 5.85. The van der Waals surface area contributed by atoms with Crippen LogP contribution in [0, 0.1) is 41.4 Å². The highest BCUT2D eigenvalue weighted by atomic mass is 16.6.